The number of aromatic hydroxyl groups is 1. The second-order valence-electron chi connectivity index (χ2n) is 6.38. The zero-order chi connectivity index (χ0) is 17.9. The lowest BCUT2D eigenvalue weighted by Gasteiger charge is -2.20. The molecule has 132 valence electrons. The average molecular weight is 367 g/mol. The molecule has 1 aliphatic rings. The molecule has 0 saturated carbocycles. The van der Waals surface area contributed by atoms with Crippen molar-refractivity contribution in [2.75, 3.05) is 13.2 Å². The monoisotopic (exact) mass is 366 g/mol. The van der Waals surface area contributed by atoms with Gasteiger partial charge in [-0.2, -0.15) is 0 Å². The fourth-order valence-electron chi connectivity index (χ4n) is 3.26. The molecule has 2 heterocycles. The highest BCUT2D eigenvalue weighted by Gasteiger charge is 2.20. The fraction of sp³-hybridized carbons (Fsp3) is 0.190. The molecule has 0 amide bonds. The molecule has 0 bridgehead atoms. The first-order valence-electron chi connectivity index (χ1n) is 8.55. The Bertz CT molecular complexity index is 915. The van der Waals surface area contributed by atoms with Gasteiger partial charge in [0.2, 0.25) is 0 Å². The molecular weight excluding hydrogens is 348 g/mol. The number of ether oxygens (including phenoxy) is 1. The third-order valence-electron chi connectivity index (χ3n) is 4.54. The van der Waals surface area contributed by atoms with Crippen LogP contribution in [0.4, 0.5) is 0 Å². The van der Waals surface area contributed by atoms with Crippen LogP contribution in [-0.4, -0.2) is 28.1 Å². The smallest absolute Gasteiger partial charge is 0.165 e. The molecule has 0 spiro atoms. The maximum absolute atomic E-state index is 10.5. The molecule has 4 rings (SSSR count). The number of aromatic nitrogens is 1. The Morgan fingerprint density at radius 2 is 2.00 bits per heavy atom. The summed E-state index contributed by atoms with van der Waals surface area (Å²) < 4.78 is 5.83. The predicted octanol–water partition coefficient (Wildman–Crippen LogP) is 4.50. The van der Waals surface area contributed by atoms with Crippen LogP contribution in [0.5, 0.6) is 11.5 Å². The van der Waals surface area contributed by atoms with E-state index in [2.05, 4.69) is 16.0 Å². The summed E-state index contributed by atoms with van der Waals surface area (Å²) in [5.41, 5.74) is 3.95. The number of benzene rings is 2. The van der Waals surface area contributed by atoms with Gasteiger partial charge in [0.05, 0.1) is 0 Å². The topological polar surface area (TPSA) is 45.6 Å². The fourth-order valence-corrected chi connectivity index (χ4v) is 3.45. The van der Waals surface area contributed by atoms with E-state index in [1.165, 1.54) is 0 Å². The zero-order valence-electron chi connectivity index (χ0n) is 14.2. The van der Waals surface area contributed by atoms with Crippen LogP contribution in [0.25, 0.3) is 11.1 Å². The first-order valence-corrected chi connectivity index (χ1v) is 8.93. The summed E-state index contributed by atoms with van der Waals surface area (Å²) >= 11 is 6.31. The summed E-state index contributed by atoms with van der Waals surface area (Å²) in [7, 11) is 0. The minimum Gasteiger partial charge on any atom is -0.504 e. The second-order valence-corrected chi connectivity index (χ2v) is 6.78. The quantitative estimate of drug-likeness (QED) is 0.741. The second kappa shape index (κ2) is 7.36. The number of rotatable bonds is 3. The van der Waals surface area contributed by atoms with Crippen molar-refractivity contribution >= 4 is 11.6 Å². The minimum absolute atomic E-state index is 0.168. The summed E-state index contributed by atoms with van der Waals surface area (Å²) in [6.07, 6.45) is 3.53. The van der Waals surface area contributed by atoms with Crippen molar-refractivity contribution in [2.45, 2.75) is 13.1 Å². The highest BCUT2D eigenvalue weighted by molar-refractivity contribution is 6.31. The highest BCUT2D eigenvalue weighted by atomic mass is 35.5. The van der Waals surface area contributed by atoms with Gasteiger partial charge in [-0.15, -0.1) is 0 Å². The summed E-state index contributed by atoms with van der Waals surface area (Å²) in [6, 6.07) is 15.5. The van der Waals surface area contributed by atoms with E-state index < -0.39 is 0 Å². The number of hydrogen-bond donors (Lipinski definition) is 1. The van der Waals surface area contributed by atoms with E-state index in [1.54, 1.807) is 18.5 Å². The van der Waals surface area contributed by atoms with Crippen LogP contribution >= 0.6 is 11.6 Å². The van der Waals surface area contributed by atoms with E-state index >= 15 is 0 Å². The first kappa shape index (κ1) is 16.9. The number of halogens is 1. The lowest BCUT2D eigenvalue weighted by molar-refractivity contribution is 0.217. The van der Waals surface area contributed by atoms with Crippen LogP contribution in [0.2, 0.25) is 5.02 Å². The van der Waals surface area contributed by atoms with Crippen molar-refractivity contribution in [3.05, 3.63) is 77.1 Å². The Morgan fingerprint density at radius 1 is 1.12 bits per heavy atom. The van der Waals surface area contributed by atoms with Gasteiger partial charge in [0.25, 0.3) is 0 Å². The Labute approximate surface area is 157 Å². The largest absolute Gasteiger partial charge is 0.504 e. The van der Waals surface area contributed by atoms with E-state index in [0.717, 1.165) is 40.4 Å². The van der Waals surface area contributed by atoms with Gasteiger partial charge in [-0.25, -0.2) is 0 Å². The summed E-state index contributed by atoms with van der Waals surface area (Å²) in [5, 5.41) is 11.2. The number of pyridine rings is 1. The molecule has 1 N–H and O–H groups in total. The molecule has 0 saturated heterocycles. The van der Waals surface area contributed by atoms with Crippen molar-refractivity contribution in [2.24, 2.45) is 0 Å². The van der Waals surface area contributed by atoms with E-state index in [0.29, 0.717) is 18.9 Å². The van der Waals surface area contributed by atoms with Crippen LogP contribution < -0.4 is 4.74 Å². The van der Waals surface area contributed by atoms with Crippen molar-refractivity contribution < 1.29 is 9.84 Å². The summed E-state index contributed by atoms with van der Waals surface area (Å²) in [5.74, 6) is 0.736. The van der Waals surface area contributed by atoms with E-state index in [9.17, 15) is 5.11 Å². The number of fused-ring (bicyclic) bond motifs is 1. The molecule has 1 aromatic heterocycles. The normalized spacial score (nSPS) is 14.3. The van der Waals surface area contributed by atoms with E-state index in [4.69, 9.17) is 16.3 Å². The standard InChI is InChI=1S/C21H19ClN2O2/c22-19-6-2-1-4-16(19)13-24-8-9-26-21-18(14-24)10-17(11-20(21)25)15-5-3-7-23-12-15/h1-7,10-12,25H,8-9,13-14H2. The van der Waals surface area contributed by atoms with Gasteiger partial charge in [-0.3, -0.25) is 9.88 Å². The third kappa shape index (κ3) is 3.52. The summed E-state index contributed by atoms with van der Waals surface area (Å²) in [4.78, 5) is 6.44. The highest BCUT2D eigenvalue weighted by Crippen LogP contribution is 2.37. The van der Waals surface area contributed by atoms with Gasteiger partial charge in [0.15, 0.2) is 11.5 Å². The van der Waals surface area contributed by atoms with Crippen molar-refractivity contribution in [1.82, 2.24) is 9.88 Å². The number of phenolic OH excluding ortho intramolecular Hbond substituents is 1. The molecule has 26 heavy (non-hydrogen) atoms. The molecule has 0 unspecified atom stereocenters. The molecule has 0 atom stereocenters. The van der Waals surface area contributed by atoms with Crippen LogP contribution in [0.1, 0.15) is 11.1 Å². The summed E-state index contributed by atoms with van der Waals surface area (Å²) in [6.45, 7) is 2.71. The Kier molecular flexibility index (Phi) is 4.78. The van der Waals surface area contributed by atoms with Gasteiger partial charge in [0.1, 0.15) is 6.61 Å². The average Bonchev–Trinajstić information content (AvgIpc) is 2.86. The van der Waals surface area contributed by atoms with Crippen molar-refractivity contribution in [3.63, 3.8) is 0 Å². The van der Waals surface area contributed by atoms with Crippen molar-refractivity contribution in [1.29, 1.82) is 0 Å². The van der Waals surface area contributed by atoms with E-state index in [1.807, 2.05) is 36.4 Å². The maximum Gasteiger partial charge on any atom is 0.165 e. The van der Waals surface area contributed by atoms with Crippen LogP contribution in [-0.2, 0) is 13.1 Å². The molecule has 0 radical (unpaired) electrons. The Balaban J connectivity index is 1.65. The van der Waals surface area contributed by atoms with Crippen molar-refractivity contribution in [3.8, 4) is 22.6 Å². The maximum atomic E-state index is 10.5. The molecule has 5 heteroatoms. The minimum atomic E-state index is 0.168. The van der Waals surface area contributed by atoms with E-state index in [-0.39, 0.29) is 5.75 Å². The molecule has 1 aliphatic heterocycles. The number of hydrogen-bond acceptors (Lipinski definition) is 4. The first-order chi connectivity index (χ1) is 12.7. The molecule has 4 nitrogen and oxygen atoms in total. The molecule has 0 aliphatic carbocycles. The Hall–Kier alpha value is -2.56. The Morgan fingerprint density at radius 3 is 2.81 bits per heavy atom. The van der Waals surface area contributed by atoms with Crippen LogP contribution in [0.3, 0.4) is 0 Å². The van der Waals surface area contributed by atoms with Gasteiger partial charge >= 0.3 is 0 Å². The number of nitrogens with zero attached hydrogens (tertiary/aromatic N) is 2. The molecule has 2 aromatic carbocycles. The van der Waals surface area contributed by atoms with Gasteiger partial charge in [-0.05, 0) is 35.4 Å². The molecule has 0 fully saturated rings. The van der Waals surface area contributed by atoms with Crippen LogP contribution in [0, 0.1) is 0 Å². The lowest BCUT2D eigenvalue weighted by Crippen LogP contribution is -2.25. The predicted molar refractivity (Wildman–Crippen MR) is 102 cm³/mol. The SMILES string of the molecule is Oc1cc(-c2cccnc2)cc2c1OCCN(Cc1ccccc1Cl)C2. The lowest BCUT2D eigenvalue weighted by atomic mass is 10.0. The third-order valence-corrected chi connectivity index (χ3v) is 4.91. The van der Waals surface area contributed by atoms with Gasteiger partial charge in [-0.1, -0.05) is 35.9 Å². The number of phenols is 1. The molecule has 3 aromatic rings. The van der Waals surface area contributed by atoms with Gasteiger partial charge < -0.3 is 9.84 Å². The molecular formula is C21H19ClN2O2. The zero-order valence-corrected chi connectivity index (χ0v) is 15.0. The van der Waals surface area contributed by atoms with Crippen LogP contribution in [0.15, 0.2) is 60.9 Å². The van der Waals surface area contributed by atoms with Gasteiger partial charge in [0, 0.05) is 48.2 Å².